The third-order valence-corrected chi connectivity index (χ3v) is 3.50. The highest BCUT2D eigenvalue weighted by molar-refractivity contribution is 6.34. The number of carbonyl (C=O) groups excluding carboxylic acids is 2. The molecule has 1 aromatic carbocycles. The normalized spacial score (nSPS) is 21.6. The van der Waals surface area contributed by atoms with Crippen LogP contribution in [0.15, 0.2) is 18.2 Å². The van der Waals surface area contributed by atoms with E-state index in [-0.39, 0.29) is 23.8 Å². The van der Waals surface area contributed by atoms with Crippen LogP contribution >= 0.6 is 11.6 Å². The van der Waals surface area contributed by atoms with Crippen LogP contribution in [0.25, 0.3) is 0 Å². The van der Waals surface area contributed by atoms with Crippen LogP contribution < -0.4 is 16.4 Å². The molecule has 2 atom stereocenters. The number of anilines is 1. The Morgan fingerprint density at radius 1 is 1.40 bits per heavy atom. The van der Waals surface area contributed by atoms with E-state index in [4.69, 9.17) is 22.1 Å². The zero-order valence-electron chi connectivity index (χ0n) is 11.0. The van der Waals surface area contributed by atoms with Crippen LogP contribution in [-0.4, -0.2) is 38.1 Å². The second kappa shape index (κ2) is 6.21. The van der Waals surface area contributed by atoms with Gasteiger partial charge >= 0.3 is 0 Å². The molecule has 1 aliphatic rings. The molecule has 0 aromatic heterocycles. The van der Waals surface area contributed by atoms with Crippen LogP contribution in [-0.2, 0) is 9.53 Å². The molecule has 0 aliphatic carbocycles. The third kappa shape index (κ3) is 3.09. The Hall–Kier alpha value is -1.63. The van der Waals surface area contributed by atoms with Gasteiger partial charge in [0.2, 0.25) is 5.91 Å². The minimum absolute atomic E-state index is 0.222. The zero-order valence-corrected chi connectivity index (χ0v) is 11.7. The lowest BCUT2D eigenvalue weighted by atomic mass is 10.0. The molecule has 2 amide bonds. The van der Waals surface area contributed by atoms with Gasteiger partial charge in [0.25, 0.3) is 5.91 Å². The topological polar surface area (TPSA) is 93.5 Å². The molecular weight excluding hydrogens is 282 g/mol. The minimum atomic E-state index is -0.380. The van der Waals surface area contributed by atoms with Crippen molar-refractivity contribution < 1.29 is 14.3 Å². The van der Waals surface area contributed by atoms with Gasteiger partial charge in [0, 0.05) is 18.8 Å². The zero-order chi connectivity index (χ0) is 14.7. The van der Waals surface area contributed by atoms with Gasteiger partial charge in [-0.05, 0) is 18.2 Å². The standard InChI is InChI=1S/C13H16ClN3O3/c1-16-12(18)8-4-7(2-3-10(8)14)17-13(19)9-5-20-6-11(9)15/h2-4,9,11H,5-6,15H2,1H3,(H,16,18)(H,17,19). The van der Waals surface area contributed by atoms with Gasteiger partial charge in [-0.1, -0.05) is 11.6 Å². The Morgan fingerprint density at radius 3 is 2.75 bits per heavy atom. The fourth-order valence-corrected chi connectivity index (χ4v) is 2.19. The molecule has 1 aliphatic heterocycles. The van der Waals surface area contributed by atoms with Gasteiger partial charge in [0.05, 0.1) is 29.7 Å². The van der Waals surface area contributed by atoms with Gasteiger partial charge < -0.3 is 21.1 Å². The van der Waals surface area contributed by atoms with Crippen LogP contribution in [0.3, 0.4) is 0 Å². The van der Waals surface area contributed by atoms with Crippen molar-refractivity contribution in [1.82, 2.24) is 5.32 Å². The molecule has 2 unspecified atom stereocenters. The van der Waals surface area contributed by atoms with E-state index in [0.717, 1.165) is 0 Å². The van der Waals surface area contributed by atoms with E-state index < -0.39 is 0 Å². The molecule has 2 rings (SSSR count). The van der Waals surface area contributed by atoms with Crippen molar-refractivity contribution in [2.24, 2.45) is 11.7 Å². The van der Waals surface area contributed by atoms with Crippen molar-refractivity contribution in [2.45, 2.75) is 6.04 Å². The van der Waals surface area contributed by atoms with E-state index in [1.165, 1.54) is 13.1 Å². The lowest BCUT2D eigenvalue weighted by molar-refractivity contribution is -0.120. The summed E-state index contributed by atoms with van der Waals surface area (Å²) in [7, 11) is 1.51. The summed E-state index contributed by atoms with van der Waals surface area (Å²) >= 11 is 5.94. The summed E-state index contributed by atoms with van der Waals surface area (Å²) in [5.74, 6) is -0.915. The largest absolute Gasteiger partial charge is 0.379 e. The summed E-state index contributed by atoms with van der Waals surface area (Å²) in [6.45, 7) is 0.686. The number of nitrogens with two attached hydrogens (primary N) is 1. The fraction of sp³-hybridized carbons (Fsp3) is 0.385. The molecule has 0 radical (unpaired) electrons. The van der Waals surface area contributed by atoms with E-state index >= 15 is 0 Å². The molecule has 7 heteroatoms. The average Bonchev–Trinajstić information content (AvgIpc) is 2.86. The predicted octanol–water partition coefficient (Wildman–Crippen LogP) is 0.612. The maximum Gasteiger partial charge on any atom is 0.252 e. The van der Waals surface area contributed by atoms with Crippen LogP contribution in [0, 0.1) is 5.92 Å². The van der Waals surface area contributed by atoms with Crippen molar-refractivity contribution >= 4 is 29.1 Å². The quantitative estimate of drug-likeness (QED) is 0.762. The Kier molecular flexibility index (Phi) is 4.59. The lowest BCUT2D eigenvalue weighted by Crippen LogP contribution is -2.37. The summed E-state index contributed by atoms with van der Waals surface area (Å²) < 4.78 is 5.16. The van der Waals surface area contributed by atoms with Crippen molar-refractivity contribution in [1.29, 1.82) is 0 Å². The number of amides is 2. The number of rotatable bonds is 3. The third-order valence-electron chi connectivity index (χ3n) is 3.17. The van der Waals surface area contributed by atoms with Crippen molar-refractivity contribution in [3.05, 3.63) is 28.8 Å². The highest BCUT2D eigenvalue weighted by Gasteiger charge is 2.31. The molecule has 1 fully saturated rings. The second-order valence-corrected chi connectivity index (χ2v) is 4.98. The number of halogens is 1. The summed E-state index contributed by atoms with van der Waals surface area (Å²) in [5.41, 5.74) is 6.59. The maximum atomic E-state index is 12.1. The van der Waals surface area contributed by atoms with Gasteiger partial charge in [0.1, 0.15) is 0 Å². The molecule has 108 valence electrons. The molecule has 4 N–H and O–H groups in total. The van der Waals surface area contributed by atoms with E-state index in [0.29, 0.717) is 29.5 Å². The van der Waals surface area contributed by atoms with E-state index in [1.807, 2.05) is 0 Å². The Bertz CT molecular complexity index is 536. The van der Waals surface area contributed by atoms with Gasteiger partial charge in [-0.25, -0.2) is 0 Å². The number of ether oxygens (including phenoxy) is 1. The number of carbonyl (C=O) groups is 2. The van der Waals surface area contributed by atoms with Crippen LogP contribution in [0.2, 0.25) is 5.02 Å². The second-order valence-electron chi connectivity index (χ2n) is 4.57. The van der Waals surface area contributed by atoms with Crippen LogP contribution in [0.4, 0.5) is 5.69 Å². The highest BCUT2D eigenvalue weighted by atomic mass is 35.5. The maximum absolute atomic E-state index is 12.1. The first kappa shape index (κ1) is 14.8. The van der Waals surface area contributed by atoms with Crippen LogP contribution in [0.5, 0.6) is 0 Å². The first-order valence-electron chi connectivity index (χ1n) is 6.18. The number of nitrogens with one attached hydrogen (secondary N) is 2. The molecule has 1 heterocycles. The fourth-order valence-electron chi connectivity index (χ4n) is 1.99. The molecular formula is C13H16ClN3O3. The molecule has 1 aromatic rings. The van der Waals surface area contributed by atoms with Crippen molar-refractivity contribution in [3.8, 4) is 0 Å². The molecule has 20 heavy (non-hydrogen) atoms. The van der Waals surface area contributed by atoms with E-state index in [9.17, 15) is 9.59 Å². The Balaban J connectivity index is 2.13. The SMILES string of the molecule is CNC(=O)c1cc(NC(=O)C2COCC2N)ccc1Cl. The minimum Gasteiger partial charge on any atom is -0.379 e. The van der Waals surface area contributed by atoms with Gasteiger partial charge in [-0.3, -0.25) is 9.59 Å². The number of hydrogen-bond acceptors (Lipinski definition) is 4. The van der Waals surface area contributed by atoms with Crippen molar-refractivity contribution in [2.75, 3.05) is 25.6 Å². The van der Waals surface area contributed by atoms with Gasteiger partial charge in [-0.15, -0.1) is 0 Å². The smallest absolute Gasteiger partial charge is 0.252 e. The predicted molar refractivity (Wildman–Crippen MR) is 75.8 cm³/mol. The summed E-state index contributed by atoms with van der Waals surface area (Å²) in [4.78, 5) is 23.7. The number of hydrogen-bond donors (Lipinski definition) is 3. The van der Waals surface area contributed by atoms with Gasteiger partial charge in [0.15, 0.2) is 0 Å². The van der Waals surface area contributed by atoms with E-state index in [2.05, 4.69) is 10.6 Å². The summed E-state index contributed by atoms with van der Waals surface area (Å²) in [6, 6.07) is 4.42. The van der Waals surface area contributed by atoms with Gasteiger partial charge in [-0.2, -0.15) is 0 Å². The average molecular weight is 298 g/mol. The lowest BCUT2D eigenvalue weighted by Gasteiger charge is -2.14. The Labute approximate surface area is 121 Å². The monoisotopic (exact) mass is 297 g/mol. The summed E-state index contributed by atoms with van der Waals surface area (Å²) in [6.07, 6.45) is 0. The van der Waals surface area contributed by atoms with Crippen molar-refractivity contribution in [3.63, 3.8) is 0 Å². The highest BCUT2D eigenvalue weighted by Crippen LogP contribution is 2.22. The first-order chi connectivity index (χ1) is 9.52. The molecule has 0 saturated carbocycles. The Morgan fingerprint density at radius 2 is 2.15 bits per heavy atom. The summed E-state index contributed by atoms with van der Waals surface area (Å²) in [5, 5.41) is 5.53. The van der Waals surface area contributed by atoms with E-state index in [1.54, 1.807) is 12.1 Å². The number of benzene rings is 1. The first-order valence-corrected chi connectivity index (χ1v) is 6.56. The molecule has 0 bridgehead atoms. The molecule has 6 nitrogen and oxygen atoms in total. The molecule has 1 saturated heterocycles. The molecule has 0 spiro atoms. The van der Waals surface area contributed by atoms with Crippen LogP contribution in [0.1, 0.15) is 10.4 Å².